The van der Waals surface area contributed by atoms with E-state index in [1.54, 1.807) is 0 Å². The lowest BCUT2D eigenvalue weighted by Crippen LogP contribution is -2.12. The maximum atomic E-state index is 10.8. The van der Waals surface area contributed by atoms with Crippen LogP contribution in [-0.2, 0) is 10.2 Å². The monoisotopic (exact) mass is 217 g/mol. The van der Waals surface area contributed by atoms with Crippen LogP contribution in [0.3, 0.4) is 0 Å². The van der Waals surface area contributed by atoms with Crippen LogP contribution < -0.4 is 0 Å². The third kappa shape index (κ3) is 1.38. The molecule has 2 aromatic rings. The topological polar surface area (TPSA) is 63.3 Å². The minimum absolute atomic E-state index is 0.160. The Morgan fingerprint density at radius 3 is 3.00 bits per heavy atom. The zero-order valence-electron chi connectivity index (χ0n) is 8.64. The van der Waals surface area contributed by atoms with Crippen molar-refractivity contribution in [2.24, 2.45) is 0 Å². The zero-order valence-corrected chi connectivity index (χ0v) is 8.64. The van der Waals surface area contributed by atoms with Crippen LogP contribution in [0.25, 0.3) is 11.1 Å². The Morgan fingerprint density at radius 1 is 1.50 bits per heavy atom. The maximum absolute atomic E-state index is 10.8. The normalized spacial score (nSPS) is 17.5. The van der Waals surface area contributed by atoms with E-state index in [-0.39, 0.29) is 11.8 Å². The van der Waals surface area contributed by atoms with Crippen molar-refractivity contribution in [2.75, 3.05) is 0 Å². The number of carboxylic acids is 1. The lowest BCUT2D eigenvalue weighted by Gasteiger charge is -2.12. The van der Waals surface area contributed by atoms with Crippen molar-refractivity contribution in [2.45, 2.75) is 24.7 Å². The molecule has 0 atom stereocenters. The standard InChI is InChI=1S/C12H11NO3/c14-11(15)6-12(3-4-12)8-1-2-9-10(5-8)16-7-13-9/h1-2,5,7H,3-4,6H2,(H,14,15). The molecule has 0 saturated heterocycles. The second kappa shape index (κ2) is 3.07. The molecule has 4 heteroatoms. The summed E-state index contributed by atoms with van der Waals surface area (Å²) in [6.45, 7) is 0. The first-order valence-electron chi connectivity index (χ1n) is 5.25. The molecular formula is C12H11NO3. The van der Waals surface area contributed by atoms with Gasteiger partial charge in [-0.2, -0.15) is 0 Å². The van der Waals surface area contributed by atoms with Crippen LogP contribution in [0.4, 0.5) is 0 Å². The highest BCUT2D eigenvalue weighted by atomic mass is 16.4. The molecule has 3 rings (SSSR count). The average molecular weight is 217 g/mol. The van der Waals surface area contributed by atoms with E-state index in [4.69, 9.17) is 9.52 Å². The molecule has 0 spiro atoms. The van der Waals surface area contributed by atoms with Gasteiger partial charge in [0.2, 0.25) is 0 Å². The summed E-state index contributed by atoms with van der Waals surface area (Å²) in [6, 6.07) is 5.76. The Bertz CT molecular complexity index is 554. The fourth-order valence-corrected chi connectivity index (χ4v) is 2.19. The van der Waals surface area contributed by atoms with E-state index in [1.165, 1.54) is 6.39 Å². The van der Waals surface area contributed by atoms with Crippen molar-refractivity contribution in [3.05, 3.63) is 30.2 Å². The second-order valence-electron chi connectivity index (χ2n) is 4.39. The summed E-state index contributed by atoms with van der Waals surface area (Å²) in [5.74, 6) is -0.741. The van der Waals surface area contributed by atoms with Gasteiger partial charge in [-0.15, -0.1) is 0 Å². The molecule has 0 unspecified atom stereocenters. The molecule has 0 radical (unpaired) electrons. The number of benzene rings is 1. The molecule has 1 aromatic carbocycles. The Kier molecular flexibility index (Phi) is 1.80. The second-order valence-corrected chi connectivity index (χ2v) is 4.39. The Labute approximate surface area is 91.9 Å². The van der Waals surface area contributed by atoms with Gasteiger partial charge < -0.3 is 9.52 Å². The van der Waals surface area contributed by atoms with Gasteiger partial charge in [-0.25, -0.2) is 4.98 Å². The molecule has 4 nitrogen and oxygen atoms in total. The van der Waals surface area contributed by atoms with E-state index in [1.807, 2.05) is 18.2 Å². The van der Waals surface area contributed by atoms with Crippen molar-refractivity contribution in [3.8, 4) is 0 Å². The van der Waals surface area contributed by atoms with Gasteiger partial charge in [-0.3, -0.25) is 4.79 Å². The van der Waals surface area contributed by atoms with Crippen LogP contribution in [0.2, 0.25) is 0 Å². The van der Waals surface area contributed by atoms with E-state index in [0.29, 0.717) is 0 Å². The number of hydrogen-bond donors (Lipinski definition) is 1. The van der Waals surface area contributed by atoms with Crippen molar-refractivity contribution in [1.82, 2.24) is 4.98 Å². The summed E-state index contributed by atoms with van der Waals surface area (Å²) >= 11 is 0. The van der Waals surface area contributed by atoms with Gasteiger partial charge >= 0.3 is 5.97 Å². The van der Waals surface area contributed by atoms with Gasteiger partial charge in [-0.1, -0.05) is 6.07 Å². The molecule has 1 heterocycles. The molecule has 0 amide bonds. The predicted molar refractivity (Wildman–Crippen MR) is 57.2 cm³/mol. The van der Waals surface area contributed by atoms with Gasteiger partial charge in [0, 0.05) is 5.41 Å². The smallest absolute Gasteiger partial charge is 0.304 e. The summed E-state index contributed by atoms with van der Waals surface area (Å²) in [4.78, 5) is 14.8. The first-order valence-corrected chi connectivity index (χ1v) is 5.25. The number of fused-ring (bicyclic) bond motifs is 1. The molecular weight excluding hydrogens is 206 g/mol. The summed E-state index contributed by atoms with van der Waals surface area (Å²) in [5.41, 5.74) is 2.44. The zero-order chi connectivity index (χ0) is 11.2. The molecule has 1 aliphatic rings. The summed E-state index contributed by atoms with van der Waals surface area (Å²) in [5, 5.41) is 8.89. The number of nitrogens with zero attached hydrogens (tertiary/aromatic N) is 1. The molecule has 1 fully saturated rings. The van der Waals surface area contributed by atoms with E-state index < -0.39 is 5.97 Å². The molecule has 16 heavy (non-hydrogen) atoms. The molecule has 0 bridgehead atoms. The lowest BCUT2D eigenvalue weighted by atomic mass is 9.92. The molecule has 1 saturated carbocycles. The van der Waals surface area contributed by atoms with Crippen molar-refractivity contribution < 1.29 is 14.3 Å². The summed E-state index contributed by atoms with van der Waals surface area (Å²) in [7, 11) is 0. The van der Waals surface area contributed by atoms with Crippen molar-refractivity contribution >= 4 is 17.1 Å². The first kappa shape index (κ1) is 9.39. The summed E-state index contributed by atoms with van der Waals surface area (Å²) < 4.78 is 5.23. The van der Waals surface area contributed by atoms with E-state index in [9.17, 15) is 4.79 Å². The fourth-order valence-electron chi connectivity index (χ4n) is 2.19. The minimum Gasteiger partial charge on any atom is -0.481 e. The molecule has 1 N–H and O–H groups in total. The first-order chi connectivity index (χ1) is 7.70. The van der Waals surface area contributed by atoms with E-state index in [2.05, 4.69) is 4.98 Å². The lowest BCUT2D eigenvalue weighted by molar-refractivity contribution is -0.137. The minimum atomic E-state index is -0.741. The number of rotatable bonds is 3. The number of carbonyl (C=O) groups is 1. The number of aromatic nitrogens is 1. The number of oxazole rings is 1. The van der Waals surface area contributed by atoms with E-state index in [0.717, 1.165) is 29.5 Å². The number of hydrogen-bond acceptors (Lipinski definition) is 3. The Hall–Kier alpha value is -1.84. The van der Waals surface area contributed by atoms with Crippen molar-refractivity contribution in [3.63, 3.8) is 0 Å². The van der Waals surface area contributed by atoms with Crippen LogP contribution in [0.15, 0.2) is 29.0 Å². The molecule has 82 valence electrons. The van der Waals surface area contributed by atoms with Gasteiger partial charge in [0.1, 0.15) is 5.52 Å². The van der Waals surface area contributed by atoms with Crippen LogP contribution in [0, 0.1) is 0 Å². The maximum Gasteiger partial charge on any atom is 0.304 e. The SMILES string of the molecule is O=C(O)CC1(c2ccc3ncoc3c2)CC1. The third-order valence-corrected chi connectivity index (χ3v) is 3.29. The largest absolute Gasteiger partial charge is 0.481 e. The van der Waals surface area contributed by atoms with Gasteiger partial charge in [0.15, 0.2) is 12.0 Å². The Balaban J connectivity index is 2.02. The number of carboxylic acid groups (broad SMARTS) is 1. The quantitative estimate of drug-likeness (QED) is 0.857. The highest BCUT2D eigenvalue weighted by Gasteiger charge is 2.46. The highest BCUT2D eigenvalue weighted by molar-refractivity contribution is 5.75. The molecule has 1 aliphatic carbocycles. The fraction of sp³-hybridized carbons (Fsp3) is 0.333. The highest BCUT2D eigenvalue weighted by Crippen LogP contribution is 2.51. The average Bonchev–Trinajstić information content (AvgIpc) is 2.87. The van der Waals surface area contributed by atoms with Crippen molar-refractivity contribution in [1.29, 1.82) is 0 Å². The molecule has 0 aliphatic heterocycles. The van der Waals surface area contributed by atoms with Gasteiger partial charge in [-0.05, 0) is 30.5 Å². The predicted octanol–water partition coefficient (Wildman–Crippen LogP) is 2.33. The molecule has 1 aromatic heterocycles. The van der Waals surface area contributed by atoms with Gasteiger partial charge in [0.05, 0.1) is 6.42 Å². The van der Waals surface area contributed by atoms with Crippen LogP contribution in [0.5, 0.6) is 0 Å². The van der Waals surface area contributed by atoms with E-state index >= 15 is 0 Å². The Morgan fingerprint density at radius 2 is 2.31 bits per heavy atom. The van der Waals surface area contributed by atoms with Crippen LogP contribution >= 0.6 is 0 Å². The number of aliphatic carboxylic acids is 1. The van der Waals surface area contributed by atoms with Gasteiger partial charge in [0.25, 0.3) is 0 Å². The third-order valence-electron chi connectivity index (χ3n) is 3.29. The van der Waals surface area contributed by atoms with Crippen LogP contribution in [-0.4, -0.2) is 16.1 Å². The van der Waals surface area contributed by atoms with Crippen LogP contribution in [0.1, 0.15) is 24.8 Å². The summed E-state index contributed by atoms with van der Waals surface area (Å²) in [6.07, 6.45) is 3.50.